The molecule has 0 saturated heterocycles. The van der Waals surface area contributed by atoms with Gasteiger partial charge in [-0.05, 0) is 17.9 Å². The van der Waals surface area contributed by atoms with Crippen LogP contribution >= 0.6 is 0 Å². The van der Waals surface area contributed by atoms with E-state index in [1.165, 1.54) is 12.8 Å². The minimum absolute atomic E-state index is 0.0424. The summed E-state index contributed by atoms with van der Waals surface area (Å²) in [6.07, 6.45) is 6.10. The van der Waals surface area contributed by atoms with Crippen LogP contribution in [0.5, 0.6) is 0 Å². The maximum atomic E-state index is 12.0. The molecular weight excluding hydrogens is 264 g/mol. The predicted molar refractivity (Wildman–Crippen MR) is 85.4 cm³/mol. The summed E-state index contributed by atoms with van der Waals surface area (Å²) in [6.45, 7) is 3.83. The van der Waals surface area contributed by atoms with Gasteiger partial charge in [0.1, 0.15) is 5.41 Å². The first-order valence-electron chi connectivity index (χ1n) is 8.03. The van der Waals surface area contributed by atoms with Gasteiger partial charge in [0.2, 0.25) is 0 Å². The van der Waals surface area contributed by atoms with Crippen LogP contribution < -0.4 is 0 Å². The van der Waals surface area contributed by atoms with Gasteiger partial charge in [0.25, 0.3) is 0 Å². The van der Waals surface area contributed by atoms with E-state index in [1.807, 2.05) is 37.3 Å². The van der Waals surface area contributed by atoms with Gasteiger partial charge in [-0.2, -0.15) is 0 Å². The van der Waals surface area contributed by atoms with Crippen molar-refractivity contribution >= 4 is 5.97 Å². The Morgan fingerprint density at radius 1 is 1.14 bits per heavy atom. The summed E-state index contributed by atoms with van der Waals surface area (Å²) in [5, 5.41) is 19.7. The highest BCUT2D eigenvalue weighted by molar-refractivity contribution is 5.82. The largest absolute Gasteiger partial charge is 0.481 e. The van der Waals surface area contributed by atoms with Crippen LogP contribution in [0.3, 0.4) is 0 Å². The Bertz CT molecular complexity index is 416. The van der Waals surface area contributed by atoms with Gasteiger partial charge in [0.15, 0.2) is 0 Å². The second-order valence-electron chi connectivity index (χ2n) is 5.76. The third kappa shape index (κ3) is 4.07. The van der Waals surface area contributed by atoms with Gasteiger partial charge in [0, 0.05) is 0 Å². The van der Waals surface area contributed by atoms with Crippen molar-refractivity contribution in [1.82, 2.24) is 0 Å². The molecular formula is C18H28O3. The standard InChI is InChI=1S/C18H28O3/c1-3-5-6-8-11-15(4-2)18(14-19,17(20)21)16-12-9-7-10-13-16/h7,9-10,12-13,15,19H,3-6,8,11,14H2,1-2H3,(H,20,21). The van der Waals surface area contributed by atoms with Crippen molar-refractivity contribution in [2.24, 2.45) is 5.92 Å². The second-order valence-corrected chi connectivity index (χ2v) is 5.76. The Kier molecular flexibility index (Phi) is 7.44. The monoisotopic (exact) mass is 292 g/mol. The van der Waals surface area contributed by atoms with Crippen LogP contribution in [-0.4, -0.2) is 22.8 Å². The molecule has 0 aromatic heterocycles. The molecule has 2 unspecified atom stereocenters. The maximum absolute atomic E-state index is 12.0. The van der Waals surface area contributed by atoms with Crippen LogP contribution in [0.4, 0.5) is 0 Å². The van der Waals surface area contributed by atoms with Crippen molar-refractivity contribution < 1.29 is 15.0 Å². The van der Waals surface area contributed by atoms with Crippen LogP contribution in [0.1, 0.15) is 57.9 Å². The number of aliphatic hydroxyl groups excluding tert-OH is 1. The average molecular weight is 292 g/mol. The van der Waals surface area contributed by atoms with Crippen LogP contribution in [0.15, 0.2) is 30.3 Å². The number of unbranched alkanes of at least 4 members (excludes halogenated alkanes) is 3. The average Bonchev–Trinajstić information content (AvgIpc) is 2.51. The summed E-state index contributed by atoms with van der Waals surface area (Å²) in [5.74, 6) is -0.960. The number of carboxylic acids is 1. The van der Waals surface area contributed by atoms with Crippen molar-refractivity contribution in [3.63, 3.8) is 0 Å². The third-order valence-electron chi connectivity index (χ3n) is 4.52. The number of hydrogen-bond donors (Lipinski definition) is 2. The first-order valence-corrected chi connectivity index (χ1v) is 8.03. The molecule has 1 aromatic carbocycles. The number of carboxylic acid groups (broad SMARTS) is 1. The highest BCUT2D eigenvalue weighted by Gasteiger charge is 2.45. The van der Waals surface area contributed by atoms with Crippen molar-refractivity contribution in [3.8, 4) is 0 Å². The zero-order valence-corrected chi connectivity index (χ0v) is 13.2. The predicted octanol–water partition coefficient (Wildman–Crippen LogP) is 4.00. The van der Waals surface area contributed by atoms with Gasteiger partial charge in [-0.3, -0.25) is 4.79 Å². The van der Waals surface area contributed by atoms with Crippen LogP contribution in [-0.2, 0) is 10.2 Å². The van der Waals surface area contributed by atoms with Gasteiger partial charge in [-0.1, -0.05) is 76.3 Å². The molecule has 0 aliphatic carbocycles. The molecule has 3 nitrogen and oxygen atoms in total. The molecule has 0 aliphatic rings. The molecule has 2 atom stereocenters. The maximum Gasteiger partial charge on any atom is 0.316 e. The molecule has 0 fully saturated rings. The molecule has 0 heterocycles. The van der Waals surface area contributed by atoms with E-state index < -0.39 is 11.4 Å². The van der Waals surface area contributed by atoms with E-state index in [4.69, 9.17) is 0 Å². The number of benzene rings is 1. The number of rotatable bonds is 10. The zero-order chi connectivity index (χ0) is 15.7. The number of aliphatic hydroxyl groups is 1. The van der Waals surface area contributed by atoms with Crippen molar-refractivity contribution in [2.75, 3.05) is 6.61 Å². The number of aliphatic carboxylic acids is 1. The van der Waals surface area contributed by atoms with Crippen LogP contribution in [0.25, 0.3) is 0 Å². The van der Waals surface area contributed by atoms with E-state index in [2.05, 4.69) is 6.92 Å². The quantitative estimate of drug-likeness (QED) is 0.641. The zero-order valence-electron chi connectivity index (χ0n) is 13.2. The van der Waals surface area contributed by atoms with Crippen molar-refractivity contribution in [1.29, 1.82) is 0 Å². The Morgan fingerprint density at radius 3 is 2.29 bits per heavy atom. The van der Waals surface area contributed by atoms with E-state index in [0.29, 0.717) is 5.56 Å². The Labute approximate surface area is 128 Å². The van der Waals surface area contributed by atoms with E-state index in [0.717, 1.165) is 25.7 Å². The lowest BCUT2D eigenvalue weighted by atomic mass is 9.67. The van der Waals surface area contributed by atoms with Crippen molar-refractivity contribution in [3.05, 3.63) is 35.9 Å². The minimum atomic E-state index is -1.18. The van der Waals surface area contributed by atoms with Crippen LogP contribution in [0.2, 0.25) is 0 Å². The summed E-state index contributed by atoms with van der Waals surface area (Å²) in [5.41, 5.74) is -0.468. The first-order chi connectivity index (χ1) is 10.1. The molecule has 0 aliphatic heterocycles. The van der Waals surface area contributed by atoms with Gasteiger partial charge in [0.05, 0.1) is 6.61 Å². The summed E-state index contributed by atoms with van der Waals surface area (Å²) >= 11 is 0. The summed E-state index contributed by atoms with van der Waals surface area (Å²) in [6, 6.07) is 9.19. The Hall–Kier alpha value is -1.35. The summed E-state index contributed by atoms with van der Waals surface area (Å²) in [7, 11) is 0. The molecule has 0 amide bonds. The fraction of sp³-hybridized carbons (Fsp3) is 0.611. The Balaban J connectivity index is 3.01. The molecule has 0 spiro atoms. The fourth-order valence-corrected chi connectivity index (χ4v) is 3.17. The topological polar surface area (TPSA) is 57.5 Å². The molecule has 2 N–H and O–H groups in total. The lowest BCUT2D eigenvalue weighted by molar-refractivity contribution is -0.148. The minimum Gasteiger partial charge on any atom is -0.481 e. The van der Waals surface area contributed by atoms with Crippen LogP contribution in [0, 0.1) is 5.92 Å². The lowest BCUT2D eigenvalue weighted by Crippen LogP contribution is -2.46. The van der Waals surface area contributed by atoms with E-state index in [1.54, 1.807) is 0 Å². The molecule has 118 valence electrons. The third-order valence-corrected chi connectivity index (χ3v) is 4.52. The van der Waals surface area contributed by atoms with E-state index in [9.17, 15) is 15.0 Å². The molecule has 0 bridgehead atoms. The highest BCUT2D eigenvalue weighted by Crippen LogP contribution is 2.38. The summed E-state index contributed by atoms with van der Waals surface area (Å²) in [4.78, 5) is 12.0. The van der Waals surface area contributed by atoms with E-state index in [-0.39, 0.29) is 12.5 Å². The highest BCUT2D eigenvalue weighted by atomic mass is 16.4. The molecule has 0 radical (unpaired) electrons. The van der Waals surface area contributed by atoms with Gasteiger partial charge in [-0.15, -0.1) is 0 Å². The lowest BCUT2D eigenvalue weighted by Gasteiger charge is -2.36. The van der Waals surface area contributed by atoms with Gasteiger partial charge >= 0.3 is 5.97 Å². The van der Waals surface area contributed by atoms with E-state index >= 15 is 0 Å². The normalized spacial score (nSPS) is 15.4. The molecule has 1 aromatic rings. The van der Waals surface area contributed by atoms with Crippen molar-refractivity contribution in [2.45, 2.75) is 57.8 Å². The number of hydrogen-bond acceptors (Lipinski definition) is 2. The second kappa shape index (κ2) is 8.83. The first kappa shape index (κ1) is 17.7. The summed E-state index contributed by atoms with van der Waals surface area (Å²) < 4.78 is 0. The van der Waals surface area contributed by atoms with Gasteiger partial charge in [-0.25, -0.2) is 0 Å². The van der Waals surface area contributed by atoms with Gasteiger partial charge < -0.3 is 10.2 Å². The SMILES string of the molecule is CCCCCCC(CC)C(CO)(C(=O)O)c1ccccc1. The Morgan fingerprint density at radius 2 is 1.81 bits per heavy atom. The molecule has 0 saturated carbocycles. The smallest absolute Gasteiger partial charge is 0.316 e. The number of carbonyl (C=O) groups is 1. The molecule has 3 heteroatoms. The fourth-order valence-electron chi connectivity index (χ4n) is 3.17. The molecule has 21 heavy (non-hydrogen) atoms. The molecule has 1 rings (SSSR count).